The molecule has 0 aliphatic carbocycles. The first-order valence-corrected chi connectivity index (χ1v) is 5.05. The molecule has 0 atom stereocenters. The van der Waals surface area contributed by atoms with Gasteiger partial charge in [-0.1, -0.05) is 0 Å². The quantitative estimate of drug-likeness (QED) is 0.782. The van der Waals surface area contributed by atoms with Gasteiger partial charge in [0.2, 0.25) is 11.4 Å². The zero-order chi connectivity index (χ0) is 11.5. The predicted molar refractivity (Wildman–Crippen MR) is 51.0 cm³/mol. The number of carbonyl (C=O) groups is 2. The third-order valence-corrected chi connectivity index (χ3v) is 2.54. The van der Waals surface area contributed by atoms with Crippen molar-refractivity contribution in [1.82, 2.24) is 15.2 Å². The van der Waals surface area contributed by atoms with Gasteiger partial charge in [0, 0.05) is 13.1 Å². The van der Waals surface area contributed by atoms with Gasteiger partial charge in [-0.3, -0.25) is 4.79 Å². The topological polar surface area (TPSA) is 96.5 Å². The Labute approximate surface area is 91.0 Å². The summed E-state index contributed by atoms with van der Waals surface area (Å²) in [6.07, 6.45) is 2.95. The summed E-state index contributed by atoms with van der Waals surface area (Å²) in [5.74, 6) is -1.72. The molecular formula is C9H11N3O4. The number of hydrogen-bond donors (Lipinski definition) is 1. The first-order valence-electron chi connectivity index (χ1n) is 5.05. The smallest absolute Gasteiger partial charge is 0.360 e. The van der Waals surface area contributed by atoms with E-state index in [0.717, 1.165) is 19.3 Å². The number of aromatic nitrogens is 2. The molecule has 0 radical (unpaired) electrons. The van der Waals surface area contributed by atoms with Crippen molar-refractivity contribution in [3.8, 4) is 0 Å². The molecule has 1 aromatic heterocycles. The van der Waals surface area contributed by atoms with Crippen LogP contribution in [0.15, 0.2) is 4.63 Å². The molecule has 1 amide bonds. The maximum absolute atomic E-state index is 11.9. The summed E-state index contributed by atoms with van der Waals surface area (Å²) in [6.45, 7) is 1.26. The molecule has 1 aliphatic heterocycles. The molecule has 16 heavy (non-hydrogen) atoms. The average Bonchev–Trinajstić information content (AvgIpc) is 2.78. The average molecular weight is 225 g/mol. The normalized spacial score (nSPS) is 16.1. The Bertz CT molecular complexity index is 409. The standard InChI is InChI=1S/C9H11N3O4/c13-8(12-4-2-1-3-5-12)6-7(9(14)15)11-16-10-6/h1-5H2,(H,14,15). The van der Waals surface area contributed by atoms with Crippen molar-refractivity contribution in [3.63, 3.8) is 0 Å². The first kappa shape index (κ1) is 10.6. The van der Waals surface area contributed by atoms with Crippen LogP contribution >= 0.6 is 0 Å². The van der Waals surface area contributed by atoms with E-state index in [4.69, 9.17) is 5.11 Å². The van der Waals surface area contributed by atoms with Crippen LogP contribution in [0.4, 0.5) is 0 Å². The van der Waals surface area contributed by atoms with Crippen LogP contribution in [0.1, 0.15) is 40.2 Å². The van der Waals surface area contributed by atoms with Gasteiger partial charge in [0.1, 0.15) is 0 Å². The lowest BCUT2D eigenvalue weighted by atomic mass is 10.1. The third kappa shape index (κ3) is 1.88. The predicted octanol–water partition coefficient (Wildman–Crippen LogP) is 0.394. The molecule has 86 valence electrons. The fourth-order valence-electron chi connectivity index (χ4n) is 1.72. The summed E-state index contributed by atoms with van der Waals surface area (Å²) >= 11 is 0. The number of rotatable bonds is 2. The van der Waals surface area contributed by atoms with E-state index in [0.29, 0.717) is 13.1 Å². The van der Waals surface area contributed by atoms with Crippen molar-refractivity contribution in [1.29, 1.82) is 0 Å². The number of piperidine rings is 1. The van der Waals surface area contributed by atoms with Crippen LogP contribution in [0.3, 0.4) is 0 Å². The third-order valence-electron chi connectivity index (χ3n) is 2.54. The fraction of sp³-hybridized carbons (Fsp3) is 0.556. The molecule has 7 heteroatoms. The van der Waals surface area contributed by atoms with E-state index in [1.165, 1.54) is 0 Å². The Morgan fingerprint density at radius 1 is 1.12 bits per heavy atom. The summed E-state index contributed by atoms with van der Waals surface area (Å²) in [6, 6.07) is 0. The van der Waals surface area contributed by atoms with Crippen LogP contribution in [0.25, 0.3) is 0 Å². The first-order chi connectivity index (χ1) is 7.70. The Hall–Kier alpha value is -1.92. The molecule has 0 aromatic carbocycles. The van der Waals surface area contributed by atoms with Crippen molar-refractivity contribution in [2.24, 2.45) is 0 Å². The lowest BCUT2D eigenvalue weighted by Gasteiger charge is -2.25. The van der Waals surface area contributed by atoms with Gasteiger partial charge in [-0.25, -0.2) is 9.42 Å². The molecule has 1 saturated heterocycles. The molecule has 1 N–H and O–H groups in total. The summed E-state index contributed by atoms with van der Waals surface area (Å²) in [4.78, 5) is 24.2. The number of carbonyl (C=O) groups excluding carboxylic acids is 1. The number of nitrogens with zero attached hydrogens (tertiary/aromatic N) is 3. The number of amides is 1. The zero-order valence-electron chi connectivity index (χ0n) is 8.55. The SMILES string of the molecule is O=C(O)c1nonc1C(=O)N1CCCCC1. The summed E-state index contributed by atoms with van der Waals surface area (Å²) in [5.41, 5.74) is -0.634. The molecule has 0 spiro atoms. The molecule has 1 aromatic rings. The van der Waals surface area contributed by atoms with Gasteiger partial charge < -0.3 is 10.0 Å². The number of likely N-dealkylation sites (tertiary alicyclic amines) is 1. The van der Waals surface area contributed by atoms with Crippen LogP contribution < -0.4 is 0 Å². The lowest BCUT2D eigenvalue weighted by Crippen LogP contribution is -2.36. The fourth-order valence-corrected chi connectivity index (χ4v) is 1.72. The highest BCUT2D eigenvalue weighted by atomic mass is 16.6. The van der Waals surface area contributed by atoms with Gasteiger partial charge in [-0.15, -0.1) is 0 Å². The minimum absolute atomic E-state index is 0.214. The molecule has 0 unspecified atom stereocenters. The summed E-state index contributed by atoms with van der Waals surface area (Å²) in [7, 11) is 0. The van der Waals surface area contributed by atoms with E-state index in [2.05, 4.69) is 14.9 Å². The van der Waals surface area contributed by atoms with E-state index in [9.17, 15) is 9.59 Å². The highest BCUT2D eigenvalue weighted by Gasteiger charge is 2.28. The minimum Gasteiger partial charge on any atom is -0.476 e. The molecule has 0 saturated carbocycles. The molecule has 2 heterocycles. The number of hydrogen-bond acceptors (Lipinski definition) is 5. The lowest BCUT2D eigenvalue weighted by molar-refractivity contribution is 0.0659. The summed E-state index contributed by atoms with van der Waals surface area (Å²) in [5, 5.41) is 15.3. The van der Waals surface area contributed by atoms with Gasteiger partial charge >= 0.3 is 5.97 Å². The van der Waals surface area contributed by atoms with E-state index in [1.807, 2.05) is 0 Å². The van der Waals surface area contributed by atoms with E-state index >= 15 is 0 Å². The van der Waals surface area contributed by atoms with Crippen molar-refractivity contribution in [2.45, 2.75) is 19.3 Å². The van der Waals surface area contributed by atoms with Crippen molar-refractivity contribution in [2.75, 3.05) is 13.1 Å². The van der Waals surface area contributed by atoms with Crippen LogP contribution in [0.2, 0.25) is 0 Å². The molecule has 0 bridgehead atoms. The zero-order valence-corrected chi connectivity index (χ0v) is 8.55. The van der Waals surface area contributed by atoms with Crippen molar-refractivity contribution >= 4 is 11.9 Å². The highest BCUT2D eigenvalue weighted by molar-refractivity contribution is 6.01. The molecule has 2 rings (SSSR count). The Kier molecular flexibility index (Phi) is 2.84. The van der Waals surface area contributed by atoms with E-state index < -0.39 is 17.6 Å². The molecule has 1 fully saturated rings. The van der Waals surface area contributed by atoms with Gasteiger partial charge in [-0.05, 0) is 29.6 Å². The van der Waals surface area contributed by atoms with Crippen LogP contribution in [0.5, 0.6) is 0 Å². The maximum Gasteiger partial charge on any atom is 0.360 e. The minimum atomic E-state index is -1.30. The van der Waals surface area contributed by atoms with E-state index in [1.54, 1.807) is 4.90 Å². The van der Waals surface area contributed by atoms with Gasteiger partial charge in [0.05, 0.1) is 0 Å². The van der Waals surface area contributed by atoms with Crippen molar-refractivity contribution in [3.05, 3.63) is 11.4 Å². The molecule has 7 nitrogen and oxygen atoms in total. The second-order valence-corrected chi connectivity index (χ2v) is 3.62. The highest BCUT2D eigenvalue weighted by Crippen LogP contribution is 2.13. The van der Waals surface area contributed by atoms with E-state index in [-0.39, 0.29) is 5.69 Å². The summed E-state index contributed by atoms with van der Waals surface area (Å²) < 4.78 is 4.29. The Morgan fingerprint density at radius 2 is 1.75 bits per heavy atom. The van der Waals surface area contributed by atoms with Gasteiger partial charge in [0.15, 0.2) is 0 Å². The Morgan fingerprint density at radius 3 is 2.38 bits per heavy atom. The molecule has 1 aliphatic rings. The second-order valence-electron chi connectivity index (χ2n) is 3.62. The maximum atomic E-state index is 11.9. The number of aromatic carboxylic acids is 1. The van der Waals surface area contributed by atoms with Crippen molar-refractivity contribution < 1.29 is 19.3 Å². The van der Waals surface area contributed by atoms with Crippen LogP contribution in [0, 0.1) is 0 Å². The number of carboxylic acid groups (broad SMARTS) is 1. The molecular weight excluding hydrogens is 214 g/mol. The van der Waals surface area contributed by atoms with Gasteiger partial charge in [0.25, 0.3) is 5.91 Å². The second kappa shape index (κ2) is 4.30. The van der Waals surface area contributed by atoms with Crippen LogP contribution in [-0.4, -0.2) is 45.3 Å². The largest absolute Gasteiger partial charge is 0.476 e. The monoisotopic (exact) mass is 225 g/mol. The van der Waals surface area contributed by atoms with Crippen LogP contribution in [-0.2, 0) is 0 Å². The van der Waals surface area contributed by atoms with Gasteiger partial charge in [-0.2, -0.15) is 0 Å². The number of carboxylic acids is 1. The Balaban J connectivity index is 2.19.